The van der Waals surface area contributed by atoms with Gasteiger partial charge in [0.05, 0.1) is 16.3 Å². The number of rotatable bonds is 4. The Bertz CT molecular complexity index is 1120. The third-order valence-corrected chi connectivity index (χ3v) is 5.75. The largest absolute Gasteiger partial charge is 0.416 e. The number of nitrogens with zero attached hydrogens (tertiary/aromatic N) is 1. The molecule has 0 saturated carbocycles. The number of halogens is 4. The molecule has 172 valence electrons. The molecule has 1 heterocycles. The third-order valence-electron chi connectivity index (χ3n) is 5.34. The summed E-state index contributed by atoms with van der Waals surface area (Å²) in [6.07, 6.45) is -4.60. The number of amides is 2. The maximum Gasteiger partial charge on any atom is 0.416 e. The van der Waals surface area contributed by atoms with E-state index < -0.39 is 17.8 Å². The number of carbonyl (C=O) groups excluding carboxylic acids is 1. The van der Waals surface area contributed by atoms with Gasteiger partial charge in [0.15, 0.2) is 0 Å². The van der Waals surface area contributed by atoms with Crippen molar-refractivity contribution in [1.82, 2.24) is 5.32 Å². The van der Waals surface area contributed by atoms with Crippen molar-refractivity contribution in [2.45, 2.75) is 6.18 Å². The predicted octanol–water partition coefficient (Wildman–Crippen LogP) is 6.08. The number of carbonyl (C=O) groups is 1. The third kappa shape index (κ3) is 5.58. The lowest BCUT2D eigenvalue weighted by atomic mass is 10.0. The molecule has 5 nitrogen and oxygen atoms in total. The van der Waals surface area contributed by atoms with E-state index in [1.165, 1.54) is 0 Å². The Morgan fingerprint density at radius 3 is 2.24 bits per heavy atom. The van der Waals surface area contributed by atoms with Crippen LogP contribution in [0.15, 0.2) is 66.7 Å². The Morgan fingerprint density at radius 1 is 0.939 bits per heavy atom. The molecule has 0 unspecified atom stereocenters. The topological polar surface area (TPSA) is 56.4 Å². The van der Waals surface area contributed by atoms with E-state index in [1.807, 2.05) is 12.1 Å². The van der Waals surface area contributed by atoms with Gasteiger partial charge in [-0.25, -0.2) is 4.79 Å². The number of piperazine rings is 1. The minimum atomic E-state index is -4.60. The Morgan fingerprint density at radius 2 is 1.61 bits per heavy atom. The van der Waals surface area contributed by atoms with Crippen LogP contribution in [-0.4, -0.2) is 32.2 Å². The molecule has 9 heteroatoms. The molecule has 1 aliphatic rings. The molecule has 0 spiro atoms. The fourth-order valence-corrected chi connectivity index (χ4v) is 3.94. The number of hydrogen-bond acceptors (Lipinski definition) is 3. The standard InChI is InChI=1S/C24H22ClF3N4O/c25-22-20(16-4-2-1-3-5-16)14-17(24(26,27)28)15-21(22)31-23(33)30-18-6-8-19(9-7-18)32-12-10-29-11-13-32/h1-9,14-15,29H,10-13H2,(H2,30,31,33). The van der Waals surface area contributed by atoms with Gasteiger partial charge in [-0.05, 0) is 42.0 Å². The zero-order chi connectivity index (χ0) is 23.4. The first-order chi connectivity index (χ1) is 15.8. The second kappa shape index (κ2) is 9.72. The van der Waals surface area contributed by atoms with E-state index in [0.29, 0.717) is 11.3 Å². The highest BCUT2D eigenvalue weighted by Gasteiger charge is 2.32. The van der Waals surface area contributed by atoms with Crippen molar-refractivity contribution in [3.63, 3.8) is 0 Å². The Labute approximate surface area is 194 Å². The zero-order valence-electron chi connectivity index (χ0n) is 17.5. The monoisotopic (exact) mass is 474 g/mol. The van der Waals surface area contributed by atoms with Crippen LogP contribution in [0.2, 0.25) is 5.02 Å². The number of nitrogens with one attached hydrogen (secondary N) is 3. The first-order valence-corrected chi connectivity index (χ1v) is 10.8. The van der Waals surface area contributed by atoms with Crippen molar-refractivity contribution in [2.24, 2.45) is 0 Å². The van der Waals surface area contributed by atoms with E-state index >= 15 is 0 Å². The maximum absolute atomic E-state index is 13.5. The molecule has 0 bridgehead atoms. The molecule has 2 amide bonds. The van der Waals surface area contributed by atoms with Gasteiger partial charge < -0.3 is 20.9 Å². The molecular formula is C24H22ClF3N4O. The van der Waals surface area contributed by atoms with Crippen LogP contribution in [0, 0.1) is 0 Å². The van der Waals surface area contributed by atoms with Crippen LogP contribution in [0.3, 0.4) is 0 Å². The van der Waals surface area contributed by atoms with Gasteiger partial charge in [-0.15, -0.1) is 0 Å². The molecule has 0 radical (unpaired) electrons. The summed E-state index contributed by atoms with van der Waals surface area (Å²) in [6.45, 7) is 3.60. The second-order valence-electron chi connectivity index (χ2n) is 7.61. The van der Waals surface area contributed by atoms with E-state index in [1.54, 1.807) is 42.5 Å². The molecule has 1 saturated heterocycles. The molecule has 4 rings (SSSR count). The van der Waals surface area contributed by atoms with Crippen molar-refractivity contribution in [2.75, 3.05) is 41.7 Å². The maximum atomic E-state index is 13.5. The first kappa shape index (κ1) is 22.9. The Balaban J connectivity index is 1.53. The molecule has 3 aromatic carbocycles. The molecular weight excluding hydrogens is 453 g/mol. The quantitative estimate of drug-likeness (QED) is 0.429. The summed E-state index contributed by atoms with van der Waals surface area (Å²) in [5.74, 6) is 0. The van der Waals surface area contributed by atoms with E-state index in [0.717, 1.165) is 44.0 Å². The molecule has 0 atom stereocenters. The smallest absolute Gasteiger partial charge is 0.369 e. The van der Waals surface area contributed by atoms with Crippen molar-refractivity contribution in [3.8, 4) is 11.1 Å². The molecule has 3 N–H and O–H groups in total. The summed E-state index contributed by atoms with van der Waals surface area (Å²) >= 11 is 6.40. The van der Waals surface area contributed by atoms with Crippen LogP contribution in [0.4, 0.5) is 35.0 Å². The van der Waals surface area contributed by atoms with Crippen LogP contribution in [0.25, 0.3) is 11.1 Å². The molecule has 0 aliphatic carbocycles. The Kier molecular flexibility index (Phi) is 6.76. The lowest BCUT2D eigenvalue weighted by molar-refractivity contribution is -0.137. The zero-order valence-corrected chi connectivity index (χ0v) is 18.3. The van der Waals surface area contributed by atoms with Crippen molar-refractivity contribution >= 4 is 34.7 Å². The van der Waals surface area contributed by atoms with E-state index in [4.69, 9.17) is 11.6 Å². The van der Waals surface area contributed by atoms with Gasteiger partial charge in [0, 0.05) is 43.1 Å². The van der Waals surface area contributed by atoms with Crippen LogP contribution >= 0.6 is 11.6 Å². The minimum Gasteiger partial charge on any atom is -0.369 e. The normalized spacial score (nSPS) is 14.1. The lowest BCUT2D eigenvalue weighted by Crippen LogP contribution is -2.43. The van der Waals surface area contributed by atoms with Crippen LogP contribution < -0.4 is 20.9 Å². The van der Waals surface area contributed by atoms with Gasteiger partial charge in [-0.3, -0.25) is 0 Å². The van der Waals surface area contributed by atoms with Gasteiger partial charge in [0.25, 0.3) is 0 Å². The van der Waals surface area contributed by atoms with Gasteiger partial charge in [0.1, 0.15) is 0 Å². The average Bonchev–Trinajstić information content (AvgIpc) is 2.81. The number of anilines is 3. The van der Waals surface area contributed by atoms with Crippen LogP contribution in [-0.2, 0) is 6.18 Å². The Hall–Kier alpha value is -3.23. The fourth-order valence-electron chi connectivity index (χ4n) is 3.67. The molecule has 1 fully saturated rings. The number of hydrogen-bond donors (Lipinski definition) is 3. The van der Waals surface area contributed by atoms with Gasteiger partial charge in [-0.1, -0.05) is 41.9 Å². The molecule has 33 heavy (non-hydrogen) atoms. The van der Waals surface area contributed by atoms with Gasteiger partial charge >= 0.3 is 12.2 Å². The second-order valence-corrected chi connectivity index (χ2v) is 7.99. The van der Waals surface area contributed by atoms with Crippen LogP contribution in [0.5, 0.6) is 0 Å². The van der Waals surface area contributed by atoms with Crippen LogP contribution in [0.1, 0.15) is 5.56 Å². The van der Waals surface area contributed by atoms with E-state index in [9.17, 15) is 18.0 Å². The van der Waals surface area contributed by atoms with Crippen molar-refractivity contribution in [3.05, 3.63) is 77.3 Å². The molecule has 0 aromatic heterocycles. The molecule has 3 aromatic rings. The summed E-state index contributed by atoms with van der Waals surface area (Å²) in [5, 5.41) is 8.42. The highest BCUT2D eigenvalue weighted by Crippen LogP contribution is 2.40. The fraction of sp³-hybridized carbons (Fsp3) is 0.208. The van der Waals surface area contributed by atoms with Crippen molar-refractivity contribution < 1.29 is 18.0 Å². The minimum absolute atomic E-state index is 0.0263. The lowest BCUT2D eigenvalue weighted by Gasteiger charge is -2.29. The summed E-state index contributed by atoms with van der Waals surface area (Å²) < 4.78 is 40.5. The molecule has 1 aliphatic heterocycles. The SMILES string of the molecule is O=C(Nc1ccc(N2CCNCC2)cc1)Nc1cc(C(F)(F)F)cc(-c2ccccc2)c1Cl. The number of alkyl halides is 3. The number of benzene rings is 3. The average molecular weight is 475 g/mol. The highest BCUT2D eigenvalue weighted by molar-refractivity contribution is 6.36. The highest BCUT2D eigenvalue weighted by atomic mass is 35.5. The van der Waals surface area contributed by atoms with Gasteiger partial charge in [0.2, 0.25) is 0 Å². The van der Waals surface area contributed by atoms with Gasteiger partial charge in [-0.2, -0.15) is 13.2 Å². The predicted molar refractivity (Wildman–Crippen MR) is 126 cm³/mol. The van der Waals surface area contributed by atoms with E-state index in [-0.39, 0.29) is 16.3 Å². The number of urea groups is 1. The summed E-state index contributed by atoms with van der Waals surface area (Å²) in [5.41, 5.74) is 1.22. The first-order valence-electron chi connectivity index (χ1n) is 10.4. The summed E-state index contributed by atoms with van der Waals surface area (Å²) in [6, 6.07) is 16.9. The summed E-state index contributed by atoms with van der Waals surface area (Å²) in [7, 11) is 0. The summed E-state index contributed by atoms with van der Waals surface area (Å²) in [4.78, 5) is 14.8. The van der Waals surface area contributed by atoms with E-state index in [2.05, 4.69) is 20.9 Å². The van der Waals surface area contributed by atoms with Crippen molar-refractivity contribution in [1.29, 1.82) is 0 Å².